The van der Waals surface area contributed by atoms with Crippen LogP contribution in [0, 0.1) is 0 Å². The van der Waals surface area contributed by atoms with Crippen molar-refractivity contribution in [3.63, 3.8) is 0 Å². The lowest BCUT2D eigenvalue weighted by Crippen LogP contribution is -2.24. The molecule has 0 fully saturated rings. The Morgan fingerprint density at radius 3 is 2.55 bits per heavy atom. The molecule has 1 heterocycles. The molecule has 5 heteroatoms. The fraction of sp³-hybridized carbons (Fsp3) is 0.529. The molecule has 0 aliphatic carbocycles. The molecule has 0 aliphatic rings. The molecule has 1 N–H and O–H groups in total. The van der Waals surface area contributed by atoms with Crippen LogP contribution < -0.4 is 0 Å². The highest BCUT2D eigenvalue weighted by atomic mass is 16.4. The van der Waals surface area contributed by atoms with Gasteiger partial charge in [-0.25, -0.2) is 4.98 Å². The summed E-state index contributed by atoms with van der Waals surface area (Å²) in [7, 11) is 4.11. The molecule has 0 amide bonds. The van der Waals surface area contributed by atoms with E-state index < -0.39 is 5.97 Å². The number of carboxylic acids is 1. The van der Waals surface area contributed by atoms with Crippen molar-refractivity contribution in [2.24, 2.45) is 0 Å². The van der Waals surface area contributed by atoms with Gasteiger partial charge in [-0.1, -0.05) is 26.8 Å². The highest BCUT2D eigenvalue weighted by Crippen LogP contribution is 2.27. The van der Waals surface area contributed by atoms with Crippen LogP contribution >= 0.6 is 0 Å². The number of hydrogen-bond acceptors (Lipinski definition) is 3. The van der Waals surface area contributed by atoms with Crippen molar-refractivity contribution < 1.29 is 9.90 Å². The normalized spacial score (nSPS) is 12.3. The van der Waals surface area contributed by atoms with Crippen molar-refractivity contribution in [2.45, 2.75) is 39.2 Å². The average Bonchev–Trinajstić information content (AvgIpc) is 2.73. The van der Waals surface area contributed by atoms with Gasteiger partial charge in [0.1, 0.15) is 5.82 Å². The van der Waals surface area contributed by atoms with E-state index >= 15 is 0 Å². The number of benzene rings is 1. The van der Waals surface area contributed by atoms with Crippen LogP contribution in [-0.2, 0) is 23.2 Å². The van der Waals surface area contributed by atoms with Gasteiger partial charge in [0, 0.05) is 18.5 Å². The van der Waals surface area contributed by atoms with Crippen LogP contribution in [0.2, 0.25) is 0 Å². The van der Waals surface area contributed by atoms with Gasteiger partial charge in [-0.05, 0) is 31.8 Å². The lowest BCUT2D eigenvalue weighted by Gasteiger charge is -2.21. The molecule has 0 saturated heterocycles. The minimum absolute atomic E-state index is 0.0331. The maximum atomic E-state index is 10.9. The SMILES string of the molecule is CN(C)CCn1c(C(C)(C)C)nc2cc(CC(=O)O)ccc21. The van der Waals surface area contributed by atoms with E-state index in [1.807, 2.05) is 18.2 Å². The molecule has 0 atom stereocenters. The van der Waals surface area contributed by atoms with Crippen molar-refractivity contribution in [3.8, 4) is 0 Å². The molecule has 0 radical (unpaired) electrons. The van der Waals surface area contributed by atoms with Crippen LogP contribution in [0.15, 0.2) is 18.2 Å². The Labute approximate surface area is 131 Å². The Morgan fingerprint density at radius 1 is 1.32 bits per heavy atom. The minimum Gasteiger partial charge on any atom is -0.481 e. The summed E-state index contributed by atoms with van der Waals surface area (Å²) in [4.78, 5) is 17.8. The number of nitrogens with zero attached hydrogens (tertiary/aromatic N) is 3. The third kappa shape index (κ3) is 3.65. The van der Waals surface area contributed by atoms with Crippen molar-refractivity contribution >= 4 is 17.0 Å². The zero-order valence-corrected chi connectivity index (χ0v) is 14.1. The Balaban J connectivity index is 2.51. The minimum atomic E-state index is -0.817. The largest absolute Gasteiger partial charge is 0.481 e. The molecule has 120 valence electrons. The lowest BCUT2D eigenvalue weighted by atomic mass is 9.95. The third-order valence-corrected chi connectivity index (χ3v) is 3.61. The van der Waals surface area contributed by atoms with Gasteiger partial charge in [0.05, 0.1) is 17.5 Å². The number of aliphatic carboxylic acids is 1. The van der Waals surface area contributed by atoms with Crippen molar-refractivity contribution in [1.29, 1.82) is 0 Å². The van der Waals surface area contributed by atoms with Crippen LogP contribution in [0.25, 0.3) is 11.0 Å². The quantitative estimate of drug-likeness (QED) is 0.922. The van der Waals surface area contributed by atoms with E-state index in [1.165, 1.54) is 0 Å². The predicted octanol–water partition coefficient (Wildman–Crippen LogP) is 2.52. The van der Waals surface area contributed by atoms with Crippen molar-refractivity contribution in [2.75, 3.05) is 20.6 Å². The molecule has 0 aliphatic heterocycles. The summed E-state index contributed by atoms with van der Waals surface area (Å²) in [6.07, 6.45) is 0.0331. The molecular formula is C17H25N3O2. The maximum Gasteiger partial charge on any atom is 0.307 e. The molecule has 5 nitrogen and oxygen atoms in total. The molecule has 1 aromatic heterocycles. The van der Waals surface area contributed by atoms with E-state index in [4.69, 9.17) is 10.1 Å². The van der Waals surface area contributed by atoms with E-state index in [1.54, 1.807) is 0 Å². The summed E-state index contributed by atoms with van der Waals surface area (Å²) >= 11 is 0. The Bertz CT molecular complexity index is 681. The van der Waals surface area contributed by atoms with Gasteiger partial charge in [-0.3, -0.25) is 4.79 Å². The number of likely N-dealkylation sites (N-methyl/N-ethyl adjacent to an activating group) is 1. The molecule has 2 rings (SSSR count). The Hall–Kier alpha value is -1.88. The first-order chi connectivity index (χ1) is 10.2. The van der Waals surface area contributed by atoms with Gasteiger partial charge in [0.15, 0.2) is 0 Å². The predicted molar refractivity (Wildman–Crippen MR) is 88.3 cm³/mol. The van der Waals surface area contributed by atoms with Gasteiger partial charge < -0.3 is 14.6 Å². The number of carboxylic acid groups (broad SMARTS) is 1. The highest BCUT2D eigenvalue weighted by molar-refractivity contribution is 5.79. The van der Waals surface area contributed by atoms with E-state index in [-0.39, 0.29) is 11.8 Å². The maximum absolute atomic E-state index is 10.9. The molecule has 2 aromatic rings. The molecule has 0 spiro atoms. The number of imidazole rings is 1. The summed E-state index contributed by atoms with van der Waals surface area (Å²) in [5.41, 5.74) is 2.68. The molecule has 22 heavy (non-hydrogen) atoms. The second-order valence-corrected chi connectivity index (χ2v) is 7.03. The first-order valence-electron chi connectivity index (χ1n) is 7.54. The van der Waals surface area contributed by atoms with E-state index in [2.05, 4.69) is 44.3 Å². The van der Waals surface area contributed by atoms with Gasteiger partial charge in [-0.15, -0.1) is 0 Å². The van der Waals surface area contributed by atoms with Gasteiger partial charge >= 0.3 is 5.97 Å². The van der Waals surface area contributed by atoms with Crippen molar-refractivity contribution in [1.82, 2.24) is 14.5 Å². The second kappa shape index (κ2) is 6.08. The summed E-state index contributed by atoms with van der Waals surface area (Å²) in [5, 5.41) is 8.94. The van der Waals surface area contributed by atoms with Crippen LogP contribution in [0.1, 0.15) is 32.2 Å². The zero-order valence-electron chi connectivity index (χ0n) is 14.1. The Morgan fingerprint density at radius 2 is 2.00 bits per heavy atom. The van der Waals surface area contributed by atoms with E-state index in [0.29, 0.717) is 0 Å². The fourth-order valence-electron chi connectivity index (χ4n) is 2.56. The van der Waals surface area contributed by atoms with Crippen LogP contribution in [0.4, 0.5) is 0 Å². The van der Waals surface area contributed by atoms with E-state index in [0.717, 1.165) is 35.5 Å². The first-order valence-corrected chi connectivity index (χ1v) is 7.54. The molecule has 1 aromatic carbocycles. The Kier molecular flexibility index (Phi) is 4.56. The highest BCUT2D eigenvalue weighted by Gasteiger charge is 2.23. The van der Waals surface area contributed by atoms with E-state index in [9.17, 15) is 4.79 Å². The third-order valence-electron chi connectivity index (χ3n) is 3.61. The zero-order chi connectivity index (χ0) is 16.5. The van der Waals surface area contributed by atoms with Crippen molar-refractivity contribution in [3.05, 3.63) is 29.6 Å². The first kappa shape index (κ1) is 16.5. The summed E-state index contributed by atoms with van der Waals surface area (Å²) in [5.74, 6) is 0.222. The molecule has 0 bridgehead atoms. The van der Waals surface area contributed by atoms with Crippen LogP contribution in [-0.4, -0.2) is 46.2 Å². The van der Waals surface area contributed by atoms with Gasteiger partial charge in [0.25, 0.3) is 0 Å². The summed E-state index contributed by atoms with van der Waals surface area (Å²) in [6, 6.07) is 5.77. The number of rotatable bonds is 5. The monoisotopic (exact) mass is 303 g/mol. The van der Waals surface area contributed by atoms with Gasteiger partial charge in [0.2, 0.25) is 0 Å². The number of aromatic nitrogens is 2. The van der Waals surface area contributed by atoms with Gasteiger partial charge in [-0.2, -0.15) is 0 Å². The number of hydrogen-bond donors (Lipinski definition) is 1. The molecule has 0 saturated carbocycles. The molecular weight excluding hydrogens is 278 g/mol. The standard InChI is InChI=1S/C17H25N3O2/c1-17(2,3)16-18-13-10-12(11-15(21)22)6-7-14(13)20(16)9-8-19(4)5/h6-7,10H,8-9,11H2,1-5H3,(H,21,22). The molecule has 0 unspecified atom stereocenters. The topological polar surface area (TPSA) is 58.4 Å². The number of fused-ring (bicyclic) bond motifs is 1. The second-order valence-electron chi connectivity index (χ2n) is 7.03. The number of carbonyl (C=O) groups is 1. The average molecular weight is 303 g/mol. The summed E-state index contributed by atoms with van der Waals surface area (Å²) < 4.78 is 2.25. The van der Waals surface area contributed by atoms with Crippen LogP contribution in [0.3, 0.4) is 0 Å². The smallest absolute Gasteiger partial charge is 0.307 e. The fourth-order valence-corrected chi connectivity index (χ4v) is 2.56. The summed E-state index contributed by atoms with van der Waals surface area (Å²) in [6.45, 7) is 8.26. The lowest BCUT2D eigenvalue weighted by molar-refractivity contribution is -0.136. The van der Waals surface area contributed by atoms with Crippen LogP contribution in [0.5, 0.6) is 0 Å².